The molecule has 1 N–H and O–H groups in total. The molecule has 3 heterocycles. The molecule has 1 atom stereocenters. The smallest absolute Gasteiger partial charge is 0.241 e. The minimum atomic E-state index is -3.65. The summed E-state index contributed by atoms with van der Waals surface area (Å²) in [7, 11) is -0.0582. The zero-order chi connectivity index (χ0) is 19.0. The van der Waals surface area contributed by atoms with Crippen LogP contribution in [-0.2, 0) is 34.3 Å². The van der Waals surface area contributed by atoms with E-state index in [2.05, 4.69) is 19.7 Å². The van der Waals surface area contributed by atoms with Gasteiger partial charge in [0.1, 0.15) is 12.4 Å². The quantitative estimate of drug-likeness (QED) is 0.833. The van der Waals surface area contributed by atoms with Gasteiger partial charge in [-0.15, -0.1) is 0 Å². The molecule has 1 aromatic carbocycles. The SMILES string of the molecule is COCc1nc2n(n1)CCC[C@@H]2NS(=O)(=O)c1ccc2c(c1)N(C)CCC2. The van der Waals surface area contributed by atoms with Crippen LogP contribution < -0.4 is 9.62 Å². The predicted octanol–water partition coefficient (Wildman–Crippen LogP) is 1.62. The van der Waals surface area contributed by atoms with E-state index in [9.17, 15) is 8.42 Å². The number of methoxy groups -OCH3 is 1. The van der Waals surface area contributed by atoms with Crippen LogP contribution in [0.3, 0.4) is 0 Å². The minimum Gasteiger partial charge on any atom is -0.377 e. The minimum absolute atomic E-state index is 0.295. The topological polar surface area (TPSA) is 89.3 Å². The van der Waals surface area contributed by atoms with Gasteiger partial charge in [-0.05, 0) is 43.4 Å². The van der Waals surface area contributed by atoms with Crippen molar-refractivity contribution in [2.75, 3.05) is 25.6 Å². The summed E-state index contributed by atoms with van der Waals surface area (Å²) in [6.45, 7) is 2.00. The molecular formula is C18H25N5O3S. The van der Waals surface area contributed by atoms with Crippen LogP contribution in [0.2, 0.25) is 0 Å². The normalized spacial score (nSPS) is 19.6. The van der Waals surface area contributed by atoms with E-state index in [1.54, 1.807) is 23.9 Å². The molecule has 0 spiro atoms. The lowest BCUT2D eigenvalue weighted by atomic mass is 10.0. The van der Waals surface area contributed by atoms with Crippen LogP contribution >= 0.6 is 0 Å². The Kier molecular flexibility index (Phi) is 4.92. The first-order valence-corrected chi connectivity index (χ1v) is 10.8. The first kappa shape index (κ1) is 18.4. The van der Waals surface area contributed by atoms with Crippen molar-refractivity contribution in [3.05, 3.63) is 35.4 Å². The third-order valence-corrected chi connectivity index (χ3v) is 6.68. The molecule has 2 aromatic rings. The van der Waals surface area contributed by atoms with Crippen molar-refractivity contribution in [2.45, 2.75) is 49.8 Å². The highest BCUT2D eigenvalue weighted by Gasteiger charge is 2.29. The second-order valence-corrected chi connectivity index (χ2v) is 8.89. The fourth-order valence-electron chi connectivity index (χ4n) is 3.86. The highest BCUT2D eigenvalue weighted by molar-refractivity contribution is 7.89. The highest BCUT2D eigenvalue weighted by atomic mass is 32.2. The number of ether oxygens (including phenoxy) is 1. The van der Waals surface area contributed by atoms with E-state index in [-0.39, 0.29) is 6.04 Å². The molecule has 1 aromatic heterocycles. The molecule has 0 saturated heterocycles. The summed E-state index contributed by atoms with van der Waals surface area (Å²) < 4.78 is 35.8. The summed E-state index contributed by atoms with van der Waals surface area (Å²) in [6, 6.07) is 5.03. The van der Waals surface area contributed by atoms with Crippen molar-refractivity contribution in [3.8, 4) is 0 Å². The first-order chi connectivity index (χ1) is 13.0. The number of aryl methyl sites for hydroxylation is 2. The predicted molar refractivity (Wildman–Crippen MR) is 101 cm³/mol. The molecule has 2 aliphatic rings. The summed E-state index contributed by atoms with van der Waals surface area (Å²) in [5.74, 6) is 1.24. The molecular weight excluding hydrogens is 366 g/mol. The maximum Gasteiger partial charge on any atom is 0.241 e. The standard InChI is InChI=1S/C18H25N5O3S/c1-22-9-3-5-13-7-8-14(11-16(13)22)27(24,25)21-15-6-4-10-23-18(15)19-17(20-23)12-26-2/h7-8,11,15,21H,3-6,9-10,12H2,1-2H3/t15-/m0/s1. The van der Waals surface area contributed by atoms with Gasteiger partial charge in [0.05, 0.1) is 10.9 Å². The molecule has 0 unspecified atom stereocenters. The van der Waals surface area contributed by atoms with Gasteiger partial charge in [0.2, 0.25) is 10.0 Å². The largest absolute Gasteiger partial charge is 0.377 e. The van der Waals surface area contributed by atoms with Crippen molar-refractivity contribution in [1.29, 1.82) is 0 Å². The maximum absolute atomic E-state index is 13.0. The Morgan fingerprint density at radius 3 is 2.96 bits per heavy atom. The molecule has 146 valence electrons. The third-order valence-electron chi connectivity index (χ3n) is 5.21. The summed E-state index contributed by atoms with van der Waals surface area (Å²) >= 11 is 0. The van der Waals surface area contributed by atoms with E-state index >= 15 is 0 Å². The van der Waals surface area contributed by atoms with E-state index in [1.807, 2.05) is 13.1 Å². The lowest BCUT2D eigenvalue weighted by Crippen LogP contribution is -2.33. The van der Waals surface area contributed by atoms with E-state index < -0.39 is 10.0 Å². The molecule has 9 heteroatoms. The summed E-state index contributed by atoms with van der Waals surface area (Å²) in [5.41, 5.74) is 2.20. The second-order valence-electron chi connectivity index (χ2n) is 7.17. The molecule has 0 saturated carbocycles. The summed E-state index contributed by atoms with van der Waals surface area (Å²) in [6.07, 6.45) is 3.63. The fourth-order valence-corrected chi connectivity index (χ4v) is 5.11. The molecule has 0 radical (unpaired) electrons. The number of fused-ring (bicyclic) bond motifs is 2. The lowest BCUT2D eigenvalue weighted by molar-refractivity contribution is 0.177. The number of nitrogens with one attached hydrogen (secondary N) is 1. The van der Waals surface area contributed by atoms with Gasteiger partial charge in [-0.2, -0.15) is 5.10 Å². The van der Waals surface area contributed by atoms with Gasteiger partial charge < -0.3 is 9.64 Å². The van der Waals surface area contributed by atoms with Crippen LogP contribution in [0, 0.1) is 0 Å². The van der Waals surface area contributed by atoms with Crippen molar-refractivity contribution >= 4 is 15.7 Å². The molecule has 0 bridgehead atoms. The van der Waals surface area contributed by atoms with Gasteiger partial charge in [0, 0.05) is 32.9 Å². The van der Waals surface area contributed by atoms with Crippen LogP contribution in [0.1, 0.15) is 42.5 Å². The first-order valence-electron chi connectivity index (χ1n) is 9.27. The van der Waals surface area contributed by atoms with Crippen LogP contribution in [0.25, 0.3) is 0 Å². The molecule has 0 fully saturated rings. The molecule has 8 nitrogen and oxygen atoms in total. The Balaban J connectivity index is 1.60. The number of aromatic nitrogens is 3. The maximum atomic E-state index is 13.0. The van der Waals surface area contributed by atoms with Crippen molar-refractivity contribution in [3.63, 3.8) is 0 Å². The molecule has 27 heavy (non-hydrogen) atoms. The number of nitrogens with zero attached hydrogens (tertiary/aromatic N) is 4. The number of benzene rings is 1. The van der Waals surface area contributed by atoms with Gasteiger partial charge in [-0.1, -0.05) is 6.07 Å². The molecule has 0 amide bonds. The van der Waals surface area contributed by atoms with Crippen molar-refractivity contribution in [1.82, 2.24) is 19.5 Å². The second kappa shape index (κ2) is 7.21. The molecule has 4 rings (SSSR count). The Morgan fingerprint density at radius 1 is 1.30 bits per heavy atom. The van der Waals surface area contributed by atoms with E-state index in [4.69, 9.17) is 4.74 Å². The zero-order valence-electron chi connectivity index (χ0n) is 15.7. The van der Waals surface area contributed by atoms with E-state index in [1.165, 1.54) is 5.56 Å². The molecule has 0 aliphatic carbocycles. The van der Waals surface area contributed by atoms with Crippen LogP contribution in [0.5, 0.6) is 0 Å². The van der Waals surface area contributed by atoms with E-state index in [0.717, 1.165) is 38.0 Å². The van der Waals surface area contributed by atoms with Gasteiger partial charge in [0.15, 0.2) is 5.82 Å². The van der Waals surface area contributed by atoms with Crippen LogP contribution in [0.4, 0.5) is 5.69 Å². The van der Waals surface area contributed by atoms with E-state index in [0.29, 0.717) is 29.6 Å². The van der Waals surface area contributed by atoms with Gasteiger partial charge in [-0.3, -0.25) is 0 Å². The fraction of sp³-hybridized carbons (Fsp3) is 0.556. The molecule has 2 aliphatic heterocycles. The number of sulfonamides is 1. The Bertz CT molecular complexity index is 940. The number of anilines is 1. The average Bonchev–Trinajstić information content (AvgIpc) is 3.06. The Labute approximate surface area is 159 Å². The summed E-state index contributed by atoms with van der Waals surface area (Å²) in [5, 5.41) is 4.40. The van der Waals surface area contributed by atoms with Crippen LogP contribution in [0.15, 0.2) is 23.1 Å². The lowest BCUT2D eigenvalue weighted by Gasteiger charge is -2.28. The monoisotopic (exact) mass is 391 g/mol. The highest BCUT2D eigenvalue weighted by Crippen LogP contribution is 2.30. The number of hydrogen-bond donors (Lipinski definition) is 1. The number of hydrogen-bond acceptors (Lipinski definition) is 6. The Morgan fingerprint density at radius 2 is 2.15 bits per heavy atom. The summed E-state index contributed by atoms with van der Waals surface area (Å²) in [4.78, 5) is 6.89. The Hall–Kier alpha value is -1.97. The van der Waals surface area contributed by atoms with Gasteiger partial charge >= 0.3 is 0 Å². The third kappa shape index (κ3) is 3.59. The van der Waals surface area contributed by atoms with Crippen molar-refractivity contribution < 1.29 is 13.2 Å². The average molecular weight is 391 g/mol. The van der Waals surface area contributed by atoms with Gasteiger partial charge in [-0.25, -0.2) is 22.8 Å². The van der Waals surface area contributed by atoms with Gasteiger partial charge in [0.25, 0.3) is 0 Å². The van der Waals surface area contributed by atoms with Crippen molar-refractivity contribution in [2.24, 2.45) is 0 Å². The van der Waals surface area contributed by atoms with Crippen LogP contribution in [-0.4, -0.2) is 43.9 Å². The number of rotatable bonds is 5. The zero-order valence-corrected chi connectivity index (χ0v) is 16.5.